The Morgan fingerprint density at radius 3 is 2.74 bits per heavy atom. The maximum Gasteiger partial charge on any atom is 0.175 e. The average molecular weight is 294 g/mol. The number of hydrogen-bond acceptors (Lipinski definition) is 3. The van der Waals surface area contributed by atoms with Crippen LogP contribution in [-0.2, 0) is 6.61 Å². The Bertz CT molecular complexity index is 727. The van der Waals surface area contributed by atoms with E-state index in [2.05, 4.69) is 10.2 Å². The first-order chi connectivity index (χ1) is 9.24. The van der Waals surface area contributed by atoms with Crippen LogP contribution in [0.5, 0.6) is 5.75 Å². The van der Waals surface area contributed by atoms with Gasteiger partial charge in [-0.05, 0) is 24.3 Å². The van der Waals surface area contributed by atoms with Crippen molar-refractivity contribution < 1.29 is 4.74 Å². The molecule has 0 radical (unpaired) electrons. The highest BCUT2D eigenvalue weighted by molar-refractivity contribution is 6.32. The molecule has 6 heteroatoms. The van der Waals surface area contributed by atoms with Gasteiger partial charge in [0.2, 0.25) is 0 Å². The molecule has 0 amide bonds. The zero-order valence-corrected chi connectivity index (χ0v) is 11.3. The third kappa shape index (κ3) is 2.50. The predicted octanol–water partition coefficient (Wildman–Crippen LogP) is 3.62. The Hall–Kier alpha value is -1.78. The van der Waals surface area contributed by atoms with Crippen LogP contribution in [0.25, 0.3) is 5.65 Å². The van der Waals surface area contributed by atoms with E-state index in [9.17, 15) is 0 Å². The van der Waals surface area contributed by atoms with E-state index in [1.165, 1.54) is 0 Å². The number of aromatic nitrogens is 3. The average Bonchev–Trinajstić information content (AvgIpc) is 2.80. The molecule has 0 aliphatic carbocycles. The first-order valence-electron chi connectivity index (χ1n) is 5.60. The molecule has 0 saturated heterocycles. The van der Waals surface area contributed by atoms with Crippen LogP contribution >= 0.6 is 23.2 Å². The molecule has 0 aliphatic rings. The number of benzene rings is 1. The van der Waals surface area contributed by atoms with Gasteiger partial charge < -0.3 is 4.74 Å². The van der Waals surface area contributed by atoms with Crippen molar-refractivity contribution in [2.24, 2.45) is 0 Å². The van der Waals surface area contributed by atoms with E-state index in [4.69, 9.17) is 27.9 Å². The van der Waals surface area contributed by atoms with Crippen LogP contribution in [0.4, 0.5) is 0 Å². The molecule has 3 rings (SSSR count). The maximum atomic E-state index is 6.02. The Morgan fingerprint density at radius 2 is 1.89 bits per heavy atom. The molecule has 96 valence electrons. The molecular formula is C13H9Cl2N3O. The Morgan fingerprint density at radius 1 is 1.05 bits per heavy atom. The van der Waals surface area contributed by atoms with Crippen molar-refractivity contribution >= 4 is 28.8 Å². The molecule has 0 saturated carbocycles. The number of hydrogen-bond donors (Lipinski definition) is 0. The molecule has 0 unspecified atom stereocenters. The summed E-state index contributed by atoms with van der Waals surface area (Å²) in [6.07, 6.45) is 1.75. The Kier molecular flexibility index (Phi) is 3.27. The fraction of sp³-hybridized carbons (Fsp3) is 0.0769. The lowest BCUT2D eigenvalue weighted by Crippen LogP contribution is -2.01. The van der Waals surface area contributed by atoms with Crippen molar-refractivity contribution in [1.82, 2.24) is 14.6 Å². The Balaban J connectivity index is 1.86. The summed E-state index contributed by atoms with van der Waals surface area (Å²) in [5.41, 5.74) is 0.724. The highest BCUT2D eigenvalue weighted by atomic mass is 35.5. The van der Waals surface area contributed by atoms with Crippen molar-refractivity contribution in [3.05, 3.63) is 58.5 Å². The molecular weight excluding hydrogens is 285 g/mol. The zero-order valence-electron chi connectivity index (χ0n) is 9.75. The minimum Gasteiger partial charge on any atom is -0.484 e. The summed E-state index contributed by atoms with van der Waals surface area (Å²) in [6, 6.07) is 10.9. The fourth-order valence-corrected chi connectivity index (χ4v) is 2.07. The lowest BCUT2D eigenvalue weighted by Gasteiger charge is -2.06. The van der Waals surface area contributed by atoms with E-state index in [0.717, 1.165) is 5.65 Å². The van der Waals surface area contributed by atoms with Crippen molar-refractivity contribution in [2.45, 2.75) is 6.61 Å². The van der Waals surface area contributed by atoms with Gasteiger partial charge >= 0.3 is 0 Å². The standard InChI is InChI=1S/C13H9Cl2N3O/c14-9-5-6-12-16-17-13(18(12)7-9)8-19-11-4-2-1-3-10(11)15/h1-7H,8H2. The van der Waals surface area contributed by atoms with Gasteiger partial charge in [-0.3, -0.25) is 4.40 Å². The van der Waals surface area contributed by atoms with Gasteiger partial charge in [0.1, 0.15) is 12.4 Å². The van der Waals surface area contributed by atoms with E-state index in [1.54, 1.807) is 34.9 Å². The van der Waals surface area contributed by atoms with Crippen LogP contribution in [-0.4, -0.2) is 14.6 Å². The first-order valence-corrected chi connectivity index (χ1v) is 6.36. The molecule has 19 heavy (non-hydrogen) atoms. The number of halogens is 2. The van der Waals surface area contributed by atoms with Crippen molar-refractivity contribution in [3.8, 4) is 5.75 Å². The molecule has 3 aromatic rings. The topological polar surface area (TPSA) is 39.4 Å². The Labute approximate surface area is 119 Å². The molecule has 1 aromatic carbocycles. The summed E-state index contributed by atoms with van der Waals surface area (Å²) >= 11 is 12.0. The van der Waals surface area contributed by atoms with Crippen LogP contribution < -0.4 is 4.74 Å². The SMILES string of the molecule is Clc1ccc2nnc(COc3ccccc3Cl)n2c1. The number of para-hydroxylation sites is 1. The van der Waals surface area contributed by atoms with Crippen LogP contribution in [0.1, 0.15) is 5.82 Å². The molecule has 0 spiro atoms. The van der Waals surface area contributed by atoms with Gasteiger partial charge in [0.15, 0.2) is 11.5 Å². The third-order valence-electron chi connectivity index (χ3n) is 2.63. The molecule has 4 nitrogen and oxygen atoms in total. The largest absolute Gasteiger partial charge is 0.484 e. The highest BCUT2D eigenvalue weighted by Gasteiger charge is 2.07. The summed E-state index contributed by atoms with van der Waals surface area (Å²) in [5.74, 6) is 1.28. The lowest BCUT2D eigenvalue weighted by atomic mass is 10.3. The predicted molar refractivity (Wildman–Crippen MR) is 73.8 cm³/mol. The monoisotopic (exact) mass is 293 g/mol. The van der Waals surface area contributed by atoms with Crippen LogP contribution in [0.15, 0.2) is 42.6 Å². The number of ether oxygens (including phenoxy) is 1. The van der Waals surface area contributed by atoms with Gasteiger partial charge in [-0.1, -0.05) is 35.3 Å². The summed E-state index contributed by atoms with van der Waals surface area (Å²) in [4.78, 5) is 0. The van der Waals surface area contributed by atoms with Gasteiger partial charge in [0.05, 0.1) is 10.0 Å². The van der Waals surface area contributed by atoms with Gasteiger partial charge in [0, 0.05) is 6.20 Å². The zero-order chi connectivity index (χ0) is 13.2. The summed E-state index contributed by atoms with van der Waals surface area (Å²) < 4.78 is 7.42. The molecule has 0 fully saturated rings. The molecule has 2 heterocycles. The van der Waals surface area contributed by atoms with E-state index in [1.807, 2.05) is 12.1 Å². The molecule has 0 N–H and O–H groups in total. The quantitative estimate of drug-likeness (QED) is 0.740. The lowest BCUT2D eigenvalue weighted by molar-refractivity contribution is 0.294. The highest BCUT2D eigenvalue weighted by Crippen LogP contribution is 2.24. The van der Waals surface area contributed by atoms with Crippen LogP contribution in [0.3, 0.4) is 0 Å². The number of fused-ring (bicyclic) bond motifs is 1. The van der Waals surface area contributed by atoms with E-state index < -0.39 is 0 Å². The summed E-state index contributed by atoms with van der Waals surface area (Å²) in [6.45, 7) is 0.269. The van der Waals surface area contributed by atoms with E-state index in [0.29, 0.717) is 21.6 Å². The molecule has 2 aromatic heterocycles. The second kappa shape index (κ2) is 5.07. The van der Waals surface area contributed by atoms with Gasteiger partial charge in [-0.2, -0.15) is 0 Å². The maximum absolute atomic E-state index is 6.02. The minimum atomic E-state index is 0.269. The molecule has 0 bridgehead atoms. The molecule has 0 atom stereocenters. The minimum absolute atomic E-state index is 0.269. The number of pyridine rings is 1. The third-order valence-corrected chi connectivity index (χ3v) is 3.17. The second-order valence-electron chi connectivity index (χ2n) is 3.91. The fourth-order valence-electron chi connectivity index (χ4n) is 1.71. The van der Waals surface area contributed by atoms with Crippen molar-refractivity contribution in [3.63, 3.8) is 0 Å². The van der Waals surface area contributed by atoms with Gasteiger partial charge in [-0.15, -0.1) is 10.2 Å². The van der Waals surface area contributed by atoms with E-state index in [-0.39, 0.29) is 6.61 Å². The number of rotatable bonds is 3. The van der Waals surface area contributed by atoms with Gasteiger partial charge in [-0.25, -0.2) is 0 Å². The van der Waals surface area contributed by atoms with Crippen LogP contribution in [0.2, 0.25) is 10.0 Å². The number of nitrogens with zero attached hydrogens (tertiary/aromatic N) is 3. The van der Waals surface area contributed by atoms with Crippen LogP contribution in [0, 0.1) is 0 Å². The van der Waals surface area contributed by atoms with Crippen molar-refractivity contribution in [1.29, 1.82) is 0 Å². The normalized spacial score (nSPS) is 10.8. The summed E-state index contributed by atoms with van der Waals surface area (Å²) in [7, 11) is 0. The van der Waals surface area contributed by atoms with Crippen molar-refractivity contribution in [2.75, 3.05) is 0 Å². The first kappa shape index (κ1) is 12.3. The smallest absolute Gasteiger partial charge is 0.175 e. The van der Waals surface area contributed by atoms with E-state index >= 15 is 0 Å². The second-order valence-corrected chi connectivity index (χ2v) is 4.75. The summed E-state index contributed by atoms with van der Waals surface area (Å²) in [5, 5.41) is 9.28. The van der Waals surface area contributed by atoms with Gasteiger partial charge in [0.25, 0.3) is 0 Å². The molecule has 0 aliphatic heterocycles.